The van der Waals surface area contributed by atoms with Crippen molar-refractivity contribution in [3.8, 4) is 5.75 Å². The summed E-state index contributed by atoms with van der Waals surface area (Å²) in [6, 6.07) is 10.8. The van der Waals surface area contributed by atoms with Gasteiger partial charge >= 0.3 is 5.97 Å². The fraction of sp³-hybridized carbons (Fsp3) is 0.217. The second-order valence-electron chi connectivity index (χ2n) is 7.55. The zero-order valence-corrected chi connectivity index (χ0v) is 18.9. The monoisotopic (exact) mass is 479 g/mol. The minimum atomic E-state index is -0.687. The maximum atomic E-state index is 13.1. The zero-order valence-electron chi connectivity index (χ0n) is 18.9. The molecule has 2 aliphatic rings. The van der Waals surface area contributed by atoms with Gasteiger partial charge in [-0.15, -0.1) is 0 Å². The molecule has 2 aromatic carbocycles. The van der Waals surface area contributed by atoms with Crippen molar-refractivity contribution in [3.63, 3.8) is 0 Å². The van der Waals surface area contributed by atoms with E-state index < -0.39 is 29.3 Å². The summed E-state index contributed by atoms with van der Waals surface area (Å²) < 4.78 is 10.5. The van der Waals surface area contributed by atoms with Crippen LogP contribution in [0.2, 0.25) is 0 Å². The predicted molar refractivity (Wildman–Crippen MR) is 126 cm³/mol. The number of carbonyl (C=O) groups is 3. The van der Waals surface area contributed by atoms with Gasteiger partial charge in [-0.1, -0.05) is 12.1 Å². The summed E-state index contributed by atoms with van der Waals surface area (Å²) in [5, 5.41) is 16.9. The Bertz CT molecular complexity index is 1300. The minimum Gasteiger partial charge on any atom is -0.482 e. The normalized spacial score (nSPS) is 14.5. The largest absolute Gasteiger partial charge is 0.482 e. The Morgan fingerprint density at radius 3 is 2.80 bits per heavy atom. The van der Waals surface area contributed by atoms with Gasteiger partial charge in [0, 0.05) is 17.8 Å². The molecule has 0 radical (unpaired) electrons. The molecule has 2 N–H and O–H groups in total. The molecule has 0 fully saturated rings. The van der Waals surface area contributed by atoms with Gasteiger partial charge in [0.1, 0.15) is 23.7 Å². The van der Waals surface area contributed by atoms with E-state index in [0.29, 0.717) is 17.1 Å². The van der Waals surface area contributed by atoms with E-state index in [1.54, 1.807) is 38.1 Å². The van der Waals surface area contributed by atoms with Gasteiger partial charge in [0.25, 0.3) is 11.6 Å². The number of esters is 1. The van der Waals surface area contributed by atoms with Crippen LogP contribution in [0.1, 0.15) is 13.8 Å². The Balaban J connectivity index is 1.65. The lowest BCUT2D eigenvalue weighted by Gasteiger charge is -2.28. The maximum absolute atomic E-state index is 13.1. The lowest BCUT2D eigenvalue weighted by molar-refractivity contribution is -0.384. The number of amides is 2. The predicted octanol–water partition coefficient (Wildman–Crippen LogP) is 2.43. The molecule has 0 aliphatic carbocycles. The quantitative estimate of drug-likeness (QED) is 0.377. The minimum absolute atomic E-state index is 0.0285. The van der Waals surface area contributed by atoms with E-state index in [4.69, 9.17) is 9.47 Å². The van der Waals surface area contributed by atoms with Crippen LogP contribution in [0.15, 0.2) is 58.7 Å². The number of hydrogen-bond acceptors (Lipinski definition) is 9. The van der Waals surface area contributed by atoms with Crippen LogP contribution >= 0.6 is 0 Å². The number of nitro benzene ring substituents is 1. The van der Waals surface area contributed by atoms with Gasteiger partial charge in [-0.25, -0.2) is 9.79 Å². The number of aliphatic imine (C=N–C) groups is 1. The number of carbonyl (C=O) groups excluding carboxylic acids is 3. The van der Waals surface area contributed by atoms with Crippen molar-refractivity contribution in [2.75, 3.05) is 30.0 Å². The number of allylic oxidation sites excluding steroid dienone is 1. The third-order valence-corrected chi connectivity index (χ3v) is 5.21. The maximum Gasteiger partial charge on any atom is 0.343 e. The van der Waals surface area contributed by atoms with Crippen LogP contribution in [0.25, 0.3) is 0 Å². The first-order chi connectivity index (χ1) is 16.8. The molecule has 12 heteroatoms. The first-order valence-electron chi connectivity index (χ1n) is 10.6. The SMILES string of the molecule is CCOC(=O)C1=C(C)Nc2ccccc2N=C1NC(=O)CN1C(=O)COc2ccc([N+](=O)[O-])cc21. The van der Waals surface area contributed by atoms with E-state index >= 15 is 0 Å². The van der Waals surface area contributed by atoms with Crippen molar-refractivity contribution in [2.24, 2.45) is 4.99 Å². The van der Waals surface area contributed by atoms with Gasteiger partial charge in [0.2, 0.25) is 5.91 Å². The van der Waals surface area contributed by atoms with Crippen LogP contribution in [-0.4, -0.2) is 48.3 Å². The molecule has 0 saturated carbocycles. The van der Waals surface area contributed by atoms with E-state index in [2.05, 4.69) is 15.6 Å². The van der Waals surface area contributed by atoms with Gasteiger partial charge in [0.15, 0.2) is 6.61 Å². The fourth-order valence-corrected chi connectivity index (χ4v) is 3.63. The second kappa shape index (κ2) is 9.63. The molecule has 4 rings (SSSR count). The molecule has 2 heterocycles. The molecule has 0 aromatic heterocycles. The lowest BCUT2D eigenvalue weighted by atomic mass is 10.1. The Morgan fingerprint density at radius 1 is 1.29 bits per heavy atom. The highest BCUT2D eigenvalue weighted by Crippen LogP contribution is 2.35. The molecule has 0 spiro atoms. The smallest absolute Gasteiger partial charge is 0.343 e. The Morgan fingerprint density at radius 2 is 2.06 bits per heavy atom. The Hall–Kier alpha value is -4.74. The van der Waals surface area contributed by atoms with Gasteiger partial charge in [-0.2, -0.15) is 0 Å². The highest BCUT2D eigenvalue weighted by Gasteiger charge is 2.31. The molecular weight excluding hydrogens is 458 g/mol. The number of ether oxygens (including phenoxy) is 2. The van der Waals surface area contributed by atoms with Crippen LogP contribution in [0.3, 0.4) is 0 Å². The number of fused-ring (bicyclic) bond motifs is 2. The Kier molecular flexibility index (Phi) is 6.44. The van der Waals surface area contributed by atoms with Crippen molar-refractivity contribution >= 4 is 46.4 Å². The first-order valence-corrected chi connectivity index (χ1v) is 10.6. The number of amidine groups is 1. The molecule has 2 aromatic rings. The zero-order chi connectivity index (χ0) is 25.1. The van der Waals surface area contributed by atoms with Crippen molar-refractivity contribution in [2.45, 2.75) is 13.8 Å². The number of nitrogens with zero attached hydrogens (tertiary/aromatic N) is 3. The molecule has 180 valence electrons. The van der Waals surface area contributed by atoms with Gasteiger partial charge in [-0.05, 0) is 32.0 Å². The van der Waals surface area contributed by atoms with E-state index in [1.807, 2.05) is 0 Å². The van der Waals surface area contributed by atoms with Crippen molar-refractivity contribution in [1.82, 2.24) is 5.32 Å². The third-order valence-electron chi connectivity index (χ3n) is 5.21. The van der Waals surface area contributed by atoms with Crippen LogP contribution in [0.5, 0.6) is 5.75 Å². The fourth-order valence-electron chi connectivity index (χ4n) is 3.63. The molecule has 0 saturated heterocycles. The lowest BCUT2D eigenvalue weighted by Crippen LogP contribution is -2.47. The summed E-state index contributed by atoms with van der Waals surface area (Å²) in [5.74, 6) is -1.74. The highest BCUT2D eigenvalue weighted by atomic mass is 16.6. The van der Waals surface area contributed by atoms with Crippen molar-refractivity contribution in [1.29, 1.82) is 0 Å². The average molecular weight is 479 g/mol. The molecule has 0 bridgehead atoms. The number of non-ortho nitro benzene ring substituents is 1. The molecular formula is C23H21N5O7. The molecule has 12 nitrogen and oxygen atoms in total. The highest BCUT2D eigenvalue weighted by molar-refractivity contribution is 6.25. The van der Waals surface area contributed by atoms with E-state index in [9.17, 15) is 24.5 Å². The van der Waals surface area contributed by atoms with Crippen LogP contribution in [-0.2, 0) is 19.1 Å². The number of para-hydroxylation sites is 2. The number of hydrogen-bond donors (Lipinski definition) is 2. The second-order valence-corrected chi connectivity index (χ2v) is 7.55. The summed E-state index contributed by atoms with van der Waals surface area (Å²) in [4.78, 5) is 54.4. The van der Waals surface area contributed by atoms with Gasteiger partial charge in [-0.3, -0.25) is 24.6 Å². The van der Waals surface area contributed by atoms with Gasteiger partial charge in [0.05, 0.1) is 28.6 Å². The Labute approximate surface area is 199 Å². The summed E-state index contributed by atoms with van der Waals surface area (Å²) in [6.45, 7) is 2.60. The first kappa shape index (κ1) is 23.4. The molecule has 0 unspecified atom stereocenters. The number of nitrogens with one attached hydrogen (secondary N) is 2. The van der Waals surface area contributed by atoms with Crippen LogP contribution in [0, 0.1) is 10.1 Å². The van der Waals surface area contributed by atoms with E-state index in [1.165, 1.54) is 12.1 Å². The van der Waals surface area contributed by atoms with Crippen molar-refractivity contribution in [3.05, 3.63) is 63.8 Å². The molecule has 2 aliphatic heterocycles. The summed E-state index contributed by atoms with van der Waals surface area (Å²) in [5.41, 5.74) is 1.38. The standard InChI is InChI=1S/C23H21N5O7/c1-3-34-23(31)21-13(2)24-15-6-4-5-7-16(15)25-22(21)26-19(29)11-27-17-10-14(28(32)33)8-9-18(17)35-12-20(27)30/h4-10,24H,3,11-12H2,1-2H3,(H,25,26,29). The van der Waals surface area contributed by atoms with Crippen molar-refractivity contribution < 1.29 is 28.8 Å². The number of nitro groups is 1. The van der Waals surface area contributed by atoms with Crippen LogP contribution < -0.4 is 20.3 Å². The molecule has 2 amide bonds. The third kappa shape index (κ3) is 4.81. The number of rotatable bonds is 5. The van der Waals surface area contributed by atoms with E-state index in [0.717, 1.165) is 11.0 Å². The molecule has 35 heavy (non-hydrogen) atoms. The van der Waals surface area contributed by atoms with Gasteiger partial charge < -0.3 is 20.1 Å². The van der Waals surface area contributed by atoms with E-state index in [-0.39, 0.29) is 41.7 Å². The number of benzene rings is 2. The summed E-state index contributed by atoms with van der Waals surface area (Å²) in [7, 11) is 0. The number of anilines is 2. The average Bonchev–Trinajstić information content (AvgIpc) is 2.95. The van der Waals surface area contributed by atoms with Crippen LogP contribution in [0.4, 0.5) is 22.7 Å². The summed E-state index contributed by atoms with van der Waals surface area (Å²) in [6.07, 6.45) is 0. The summed E-state index contributed by atoms with van der Waals surface area (Å²) >= 11 is 0. The topological polar surface area (TPSA) is 152 Å². The molecule has 0 atom stereocenters.